The van der Waals surface area contributed by atoms with E-state index in [4.69, 9.17) is 4.74 Å². The van der Waals surface area contributed by atoms with Crippen molar-refractivity contribution < 1.29 is 9.84 Å². The third-order valence-electron chi connectivity index (χ3n) is 3.43. The van der Waals surface area contributed by atoms with Gasteiger partial charge in [0.15, 0.2) is 5.79 Å². The molecule has 0 aromatic rings. The van der Waals surface area contributed by atoms with Gasteiger partial charge in [-0.15, -0.1) is 0 Å². The fourth-order valence-electron chi connectivity index (χ4n) is 2.57. The lowest BCUT2D eigenvalue weighted by Gasteiger charge is -2.23. The monoisotopic (exact) mass is 214 g/mol. The van der Waals surface area contributed by atoms with E-state index in [9.17, 15) is 5.11 Å². The van der Waals surface area contributed by atoms with Crippen molar-refractivity contribution in [2.75, 3.05) is 6.61 Å². The highest BCUT2D eigenvalue weighted by atomic mass is 16.6. The number of aliphatic hydroxyl groups is 1. The Morgan fingerprint density at radius 3 is 2.53 bits per heavy atom. The van der Waals surface area contributed by atoms with E-state index in [0.29, 0.717) is 6.61 Å². The zero-order chi connectivity index (χ0) is 11.1. The van der Waals surface area contributed by atoms with E-state index < -0.39 is 5.79 Å². The summed E-state index contributed by atoms with van der Waals surface area (Å²) in [5.41, 5.74) is 0. The maximum absolute atomic E-state index is 9.78. The third kappa shape index (κ3) is 5.53. The quantitative estimate of drug-likeness (QED) is 0.519. The number of unbranched alkanes of at least 4 members (excludes halogenated alkanes) is 1. The second-order valence-corrected chi connectivity index (χ2v) is 5.00. The van der Waals surface area contributed by atoms with E-state index in [1.165, 1.54) is 38.5 Å². The fourth-order valence-corrected chi connectivity index (χ4v) is 2.57. The predicted octanol–water partition coefficient (Wildman–Crippen LogP) is 3.48. The molecule has 0 aromatic heterocycles. The largest absolute Gasteiger partial charge is 0.366 e. The Hall–Kier alpha value is -0.0800. The second-order valence-electron chi connectivity index (χ2n) is 5.00. The molecule has 0 spiro atoms. The maximum atomic E-state index is 9.78. The van der Waals surface area contributed by atoms with Crippen molar-refractivity contribution in [1.82, 2.24) is 0 Å². The molecule has 1 aliphatic carbocycles. The van der Waals surface area contributed by atoms with E-state index in [1.54, 1.807) is 6.92 Å². The van der Waals surface area contributed by atoms with Gasteiger partial charge in [0.25, 0.3) is 0 Å². The van der Waals surface area contributed by atoms with Crippen LogP contribution in [0.3, 0.4) is 0 Å². The molecule has 0 amide bonds. The van der Waals surface area contributed by atoms with Gasteiger partial charge in [-0.05, 0) is 26.2 Å². The summed E-state index contributed by atoms with van der Waals surface area (Å²) in [5.74, 6) is 0.0757. The molecule has 1 atom stereocenters. The minimum absolute atomic E-state index is 0.593. The molecule has 0 saturated heterocycles. The normalized spacial score (nSPS) is 21.8. The first kappa shape index (κ1) is 13.0. The van der Waals surface area contributed by atoms with Crippen LogP contribution in [0.4, 0.5) is 0 Å². The van der Waals surface area contributed by atoms with Crippen LogP contribution in [0.15, 0.2) is 0 Å². The summed E-state index contributed by atoms with van der Waals surface area (Å²) in [6, 6.07) is 0. The first-order valence-electron chi connectivity index (χ1n) is 6.50. The lowest BCUT2D eigenvalue weighted by molar-refractivity contribution is -0.191. The molecule has 1 N–H and O–H groups in total. The number of rotatable bonds is 7. The molecule has 0 aromatic carbocycles. The minimum Gasteiger partial charge on any atom is -0.366 e. The smallest absolute Gasteiger partial charge is 0.162 e. The topological polar surface area (TPSA) is 29.5 Å². The first-order chi connectivity index (χ1) is 7.14. The Labute approximate surface area is 94.0 Å². The molecule has 0 bridgehead atoms. The zero-order valence-corrected chi connectivity index (χ0v) is 10.3. The van der Waals surface area contributed by atoms with Crippen molar-refractivity contribution >= 4 is 0 Å². The van der Waals surface area contributed by atoms with E-state index in [0.717, 1.165) is 18.8 Å². The van der Waals surface area contributed by atoms with Gasteiger partial charge in [-0.25, -0.2) is 0 Å². The van der Waals surface area contributed by atoms with Crippen LogP contribution in [0, 0.1) is 5.92 Å². The Morgan fingerprint density at radius 2 is 1.93 bits per heavy atom. The highest BCUT2D eigenvalue weighted by Gasteiger charge is 2.20. The Kier molecular flexibility index (Phi) is 5.62. The Morgan fingerprint density at radius 1 is 1.27 bits per heavy atom. The van der Waals surface area contributed by atoms with Crippen LogP contribution >= 0.6 is 0 Å². The molecule has 0 heterocycles. The zero-order valence-electron chi connectivity index (χ0n) is 10.3. The van der Waals surface area contributed by atoms with Crippen LogP contribution < -0.4 is 0 Å². The van der Waals surface area contributed by atoms with Crippen LogP contribution in [-0.4, -0.2) is 17.5 Å². The minimum atomic E-state index is -0.898. The van der Waals surface area contributed by atoms with Crippen molar-refractivity contribution in [2.24, 2.45) is 5.92 Å². The van der Waals surface area contributed by atoms with Crippen molar-refractivity contribution in [1.29, 1.82) is 0 Å². The van der Waals surface area contributed by atoms with Crippen LogP contribution in [0.1, 0.15) is 65.2 Å². The lowest BCUT2D eigenvalue weighted by atomic mass is 9.99. The highest BCUT2D eigenvalue weighted by Crippen LogP contribution is 2.29. The van der Waals surface area contributed by atoms with Gasteiger partial charge in [0.05, 0.1) is 0 Å². The molecule has 15 heavy (non-hydrogen) atoms. The molecular formula is C13H26O2. The fraction of sp³-hybridized carbons (Fsp3) is 1.00. The van der Waals surface area contributed by atoms with E-state index >= 15 is 0 Å². The molecule has 0 radical (unpaired) electrons. The Balaban J connectivity index is 2.00. The second kappa shape index (κ2) is 6.49. The van der Waals surface area contributed by atoms with Crippen LogP contribution in [0.2, 0.25) is 0 Å². The summed E-state index contributed by atoms with van der Waals surface area (Å²) in [4.78, 5) is 0. The third-order valence-corrected chi connectivity index (χ3v) is 3.43. The Bertz CT molecular complexity index is 160. The molecule has 2 heteroatoms. The van der Waals surface area contributed by atoms with Gasteiger partial charge >= 0.3 is 0 Å². The summed E-state index contributed by atoms with van der Waals surface area (Å²) in [6.45, 7) is 4.29. The van der Waals surface area contributed by atoms with Crippen molar-refractivity contribution in [2.45, 2.75) is 71.0 Å². The molecule has 0 aliphatic heterocycles. The van der Waals surface area contributed by atoms with Gasteiger partial charge in [0.2, 0.25) is 0 Å². The summed E-state index contributed by atoms with van der Waals surface area (Å²) in [5, 5.41) is 9.78. The SMILES string of the molecule is CCOC(C)(O)CCCCC1CCCC1. The molecule has 1 unspecified atom stereocenters. The number of hydrogen-bond donors (Lipinski definition) is 1. The summed E-state index contributed by atoms with van der Waals surface area (Å²) < 4.78 is 5.26. The van der Waals surface area contributed by atoms with E-state index in [2.05, 4.69) is 0 Å². The summed E-state index contributed by atoms with van der Waals surface area (Å²) in [7, 11) is 0. The van der Waals surface area contributed by atoms with Gasteiger partial charge in [-0.2, -0.15) is 0 Å². The molecular weight excluding hydrogens is 188 g/mol. The van der Waals surface area contributed by atoms with Gasteiger partial charge in [-0.3, -0.25) is 0 Å². The molecule has 1 rings (SSSR count). The van der Waals surface area contributed by atoms with Crippen molar-refractivity contribution in [3.8, 4) is 0 Å². The standard InChI is InChI=1S/C13H26O2/c1-3-15-13(2,14)11-7-6-10-12-8-4-5-9-12/h12,14H,3-11H2,1-2H3. The molecule has 90 valence electrons. The average Bonchev–Trinajstić information content (AvgIpc) is 2.65. The van der Waals surface area contributed by atoms with Gasteiger partial charge in [0.1, 0.15) is 0 Å². The van der Waals surface area contributed by atoms with Gasteiger partial charge in [0, 0.05) is 13.0 Å². The van der Waals surface area contributed by atoms with Gasteiger partial charge < -0.3 is 9.84 Å². The average molecular weight is 214 g/mol. The van der Waals surface area contributed by atoms with Crippen LogP contribution in [0.5, 0.6) is 0 Å². The first-order valence-corrected chi connectivity index (χ1v) is 6.50. The predicted molar refractivity (Wildman–Crippen MR) is 62.7 cm³/mol. The number of ether oxygens (including phenoxy) is 1. The summed E-state index contributed by atoms with van der Waals surface area (Å²) in [6.07, 6.45) is 10.2. The lowest BCUT2D eigenvalue weighted by Crippen LogP contribution is -2.27. The van der Waals surface area contributed by atoms with Gasteiger partial charge in [-0.1, -0.05) is 38.5 Å². The highest BCUT2D eigenvalue weighted by molar-refractivity contribution is 4.68. The van der Waals surface area contributed by atoms with Crippen molar-refractivity contribution in [3.05, 3.63) is 0 Å². The molecule has 2 nitrogen and oxygen atoms in total. The van der Waals surface area contributed by atoms with Crippen molar-refractivity contribution in [3.63, 3.8) is 0 Å². The van der Waals surface area contributed by atoms with E-state index in [1.807, 2.05) is 6.92 Å². The maximum Gasteiger partial charge on any atom is 0.162 e. The van der Waals surface area contributed by atoms with Crippen LogP contribution in [-0.2, 0) is 4.74 Å². The molecule has 1 aliphatic rings. The summed E-state index contributed by atoms with van der Waals surface area (Å²) >= 11 is 0. The molecule has 1 fully saturated rings. The molecule has 1 saturated carbocycles. The number of hydrogen-bond acceptors (Lipinski definition) is 2. The van der Waals surface area contributed by atoms with E-state index in [-0.39, 0.29) is 0 Å². The van der Waals surface area contributed by atoms with Crippen LogP contribution in [0.25, 0.3) is 0 Å².